The van der Waals surface area contributed by atoms with E-state index in [1.807, 2.05) is 86.0 Å². The molecule has 5 heterocycles. The van der Waals surface area contributed by atoms with Crippen LogP contribution in [0.2, 0.25) is 5.02 Å². The molecule has 0 saturated carbocycles. The van der Waals surface area contributed by atoms with Gasteiger partial charge in [-0.1, -0.05) is 56.6 Å². The Labute approximate surface area is 343 Å². The average molecular weight is 810 g/mol. The Morgan fingerprint density at radius 1 is 0.983 bits per heavy atom. The fraction of sp³-hybridized carbons (Fsp3) is 0.465. The van der Waals surface area contributed by atoms with Gasteiger partial charge in [0.15, 0.2) is 11.5 Å². The van der Waals surface area contributed by atoms with E-state index in [1.54, 1.807) is 10.7 Å². The number of fused-ring (bicyclic) bond motifs is 2. The lowest BCUT2D eigenvalue weighted by Crippen LogP contribution is -2.44. The van der Waals surface area contributed by atoms with Gasteiger partial charge in [-0.2, -0.15) is 5.10 Å². The maximum atomic E-state index is 14.3. The molecule has 4 atom stereocenters. The highest BCUT2D eigenvalue weighted by molar-refractivity contribution is 6.31. The average Bonchev–Trinajstić information content (AvgIpc) is 3.84. The molecule has 0 radical (unpaired) electrons. The molecule has 8 rings (SSSR count). The minimum atomic E-state index is -0.609. The van der Waals surface area contributed by atoms with Gasteiger partial charge in [-0.05, 0) is 93.0 Å². The standard InChI is InChI=1S/C43H52ClN9O5/c1-28-9-8-10-29(2)51(28)41-47-46-39-18-14-32(26-50(39)41)58-37-17-16-36(33-11-6-7-12-34(33)37)45-42(55)53(57-27-54)40-24-38(43(3,4)5)48-52(40)31-13-15-35(44)30(23-31)25-49-19-21-56-22-20-49/h6-7,11-15,18,23-24,26-29,36-37H,8-10,16-17,19-22,25H2,1-5H3,(H,45,55)/t28-,29+,36-,37+/m0/s1. The predicted molar refractivity (Wildman–Crippen MR) is 222 cm³/mol. The van der Waals surface area contributed by atoms with E-state index in [1.165, 1.54) is 6.42 Å². The van der Waals surface area contributed by atoms with Crippen LogP contribution in [0.25, 0.3) is 11.3 Å². The summed E-state index contributed by atoms with van der Waals surface area (Å²) in [6.45, 7) is 14.4. The van der Waals surface area contributed by atoms with Gasteiger partial charge in [-0.25, -0.2) is 9.48 Å². The number of benzene rings is 2. The summed E-state index contributed by atoms with van der Waals surface area (Å²) in [5.41, 5.74) is 4.57. The molecule has 0 unspecified atom stereocenters. The molecule has 58 heavy (non-hydrogen) atoms. The molecule has 1 aliphatic carbocycles. The third kappa shape index (κ3) is 8.10. The fourth-order valence-corrected chi connectivity index (χ4v) is 8.63. The van der Waals surface area contributed by atoms with Gasteiger partial charge in [0.25, 0.3) is 0 Å². The van der Waals surface area contributed by atoms with Crippen molar-refractivity contribution in [2.24, 2.45) is 0 Å². The second kappa shape index (κ2) is 16.6. The Hall–Kier alpha value is -5.18. The number of carbonyl (C=O) groups is 2. The number of urea groups is 1. The van der Waals surface area contributed by atoms with Gasteiger partial charge >= 0.3 is 12.5 Å². The predicted octanol–water partition coefficient (Wildman–Crippen LogP) is 7.72. The van der Waals surface area contributed by atoms with Crippen LogP contribution >= 0.6 is 11.6 Å². The van der Waals surface area contributed by atoms with Crippen LogP contribution in [0.4, 0.5) is 16.6 Å². The topological polar surface area (TPSA) is 132 Å². The molecule has 0 bridgehead atoms. The van der Waals surface area contributed by atoms with Crippen LogP contribution in [0.15, 0.2) is 66.9 Å². The molecular formula is C43H52ClN9O5. The van der Waals surface area contributed by atoms with Gasteiger partial charge < -0.3 is 24.5 Å². The number of carbonyl (C=O) groups excluding carboxylic acids is 2. The molecule has 15 heteroatoms. The third-order valence-corrected chi connectivity index (χ3v) is 11.9. The summed E-state index contributed by atoms with van der Waals surface area (Å²) >= 11 is 6.70. The zero-order valence-electron chi connectivity index (χ0n) is 33.8. The minimum absolute atomic E-state index is 0.253. The number of ether oxygens (including phenoxy) is 2. The van der Waals surface area contributed by atoms with Crippen LogP contribution < -0.4 is 20.0 Å². The smallest absolute Gasteiger partial charge is 0.357 e. The van der Waals surface area contributed by atoms with Crippen molar-refractivity contribution in [3.05, 3.63) is 94.3 Å². The first-order valence-electron chi connectivity index (χ1n) is 20.3. The zero-order chi connectivity index (χ0) is 40.6. The van der Waals surface area contributed by atoms with E-state index in [4.69, 9.17) is 31.0 Å². The number of amides is 2. The number of aromatic nitrogens is 5. The number of pyridine rings is 1. The summed E-state index contributed by atoms with van der Waals surface area (Å²) < 4.78 is 15.9. The number of piperidine rings is 1. The van der Waals surface area contributed by atoms with E-state index in [2.05, 4.69) is 39.2 Å². The molecule has 14 nitrogen and oxygen atoms in total. The number of hydroxylamine groups is 1. The second-order valence-electron chi connectivity index (χ2n) is 16.7. The summed E-state index contributed by atoms with van der Waals surface area (Å²) in [7, 11) is 0. The van der Waals surface area contributed by atoms with Gasteiger partial charge in [0.2, 0.25) is 5.95 Å². The number of halogens is 1. The highest BCUT2D eigenvalue weighted by Gasteiger charge is 2.34. The first-order chi connectivity index (χ1) is 28.0. The van der Waals surface area contributed by atoms with E-state index in [0.717, 1.165) is 59.3 Å². The third-order valence-electron chi connectivity index (χ3n) is 11.6. The highest BCUT2D eigenvalue weighted by Crippen LogP contribution is 2.40. The molecule has 5 aromatic rings. The normalized spacial score (nSPS) is 21.4. The van der Waals surface area contributed by atoms with Crippen LogP contribution in [-0.2, 0) is 26.3 Å². The maximum absolute atomic E-state index is 14.3. The quantitative estimate of drug-likeness (QED) is 0.111. The molecule has 2 aromatic carbocycles. The molecule has 2 aliphatic heterocycles. The number of nitrogens with one attached hydrogen (secondary N) is 1. The van der Waals surface area contributed by atoms with Crippen molar-refractivity contribution in [3.63, 3.8) is 0 Å². The maximum Gasteiger partial charge on any atom is 0.357 e. The van der Waals surface area contributed by atoms with Crippen LogP contribution in [-0.4, -0.2) is 80.2 Å². The largest absolute Gasteiger partial charge is 0.484 e. The van der Waals surface area contributed by atoms with E-state index >= 15 is 0 Å². The Balaban J connectivity index is 1.05. The lowest BCUT2D eigenvalue weighted by atomic mass is 9.85. The van der Waals surface area contributed by atoms with Crippen LogP contribution in [0.5, 0.6) is 5.75 Å². The van der Waals surface area contributed by atoms with Crippen molar-refractivity contribution < 1.29 is 23.9 Å². The minimum Gasteiger partial charge on any atom is -0.484 e. The summed E-state index contributed by atoms with van der Waals surface area (Å²) in [6.07, 6.45) is 6.37. The van der Waals surface area contributed by atoms with Crippen LogP contribution in [0.1, 0.15) is 101 Å². The van der Waals surface area contributed by atoms with E-state index in [0.29, 0.717) is 66.8 Å². The molecular weight excluding hydrogens is 758 g/mol. The first-order valence-corrected chi connectivity index (χ1v) is 20.7. The Bertz CT molecular complexity index is 2250. The highest BCUT2D eigenvalue weighted by atomic mass is 35.5. The number of nitrogens with zero attached hydrogens (tertiary/aromatic N) is 8. The Kier molecular flexibility index (Phi) is 11.3. The number of morpholine rings is 1. The lowest BCUT2D eigenvalue weighted by molar-refractivity contribution is -0.129. The lowest BCUT2D eigenvalue weighted by Gasteiger charge is -2.39. The van der Waals surface area contributed by atoms with E-state index < -0.39 is 6.03 Å². The van der Waals surface area contributed by atoms with Gasteiger partial charge in [-0.3, -0.25) is 14.1 Å². The first kappa shape index (κ1) is 39.6. The van der Waals surface area contributed by atoms with Gasteiger partial charge in [0.1, 0.15) is 11.9 Å². The van der Waals surface area contributed by atoms with Crippen molar-refractivity contribution in [2.75, 3.05) is 36.3 Å². The molecule has 3 aliphatic rings. The number of anilines is 2. The van der Waals surface area contributed by atoms with Crippen molar-refractivity contribution in [3.8, 4) is 11.4 Å². The molecule has 2 amide bonds. The second-order valence-corrected chi connectivity index (χ2v) is 17.1. The van der Waals surface area contributed by atoms with Crippen LogP contribution in [0, 0.1) is 0 Å². The van der Waals surface area contributed by atoms with E-state index in [9.17, 15) is 9.59 Å². The molecule has 2 fully saturated rings. The number of hydrogen-bond donors (Lipinski definition) is 1. The Morgan fingerprint density at radius 2 is 1.74 bits per heavy atom. The van der Waals surface area contributed by atoms with E-state index in [-0.39, 0.29) is 29.9 Å². The number of rotatable bonds is 10. The molecule has 306 valence electrons. The van der Waals surface area contributed by atoms with Crippen molar-refractivity contribution >= 4 is 41.5 Å². The molecule has 3 aromatic heterocycles. The van der Waals surface area contributed by atoms with Crippen molar-refractivity contribution in [1.82, 2.24) is 34.6 Å². The van der Waals surface area contributed by atoms with Crippen molar-refractivity contribution in [2.45, 2.75) is 103 Å². The fourth-order valence-electron chi connectivity index (χ4n) is 8.45. The van der Waals surface area contributed by atoms with Gasteiger partial charge in [0.05, 0.1) is 36.8 Å². The zero-order valence-corrected chi connectivity index (χ0v) is 34.6. The molecule has 2 saturated heterocycles. The molecule has 0 spiro atoms. The van der Waals surface area contributed by atoms with Gasteiger partial charge in [0, 0.05) is 48.2 Å². The summed E-state index contributed by atoms with van der Waals surface area (Å²) in [5.74, 6) is 1.81. The SMILES string of the molecule is C[C@@H]1CCC[C@H](C)N1c1nnc2ccc(O[C@@H]3CC[C@H](NC(=O)N(OC=O)c4cc(C(C)(C)C)nn4-c4ccc(Cl)c(CN5CCOCC5)c4)c4ccccc43)cn12. The summed E-state index contributed by atoms with van der Waals surface area (Å²) in [6, 6.07) is 19.0. The number of hydrogen-bond acceptors (Lipinski definition) is 10. The van der Waals surface area contributed by atoms with Crippen molar-refractivity contribution in [1.29, 1.82) is 0 Å². The van der Waals surface area contributed by atoms with Gasteiger partial charge in [-0.15, -0.1) is 15.3 Å². The summed E-state index contributed by atoms with van der Waals surface area (Å²) in [5, 5.41) is 18.7. The summed E-state index contributed by atoms with van der Waals surface area (Å²) in [4.78, 5) is 36.5. The van der Waals surface area contributed by atoms with Crippen LogP contribution in [0.3, 0.4) is 0 Å². The molecule has 1 N–H and O–H groups in total. The monoisotopic (exact) mass is 809 g/mol. The Morgan fingerprint density at radius 3 is 2.48 bits per heavy atom.